The molecule has 1 aliphatic rings. The molecule has 6 heteroatoms. The first-order chi connectivity index (χ1) is 10.8. The largest absolute Gasteiger partial charge is 0.444 e. The summed E-state index contributed by atoms with van der Waals surface area (Å²) in [6.45, 7) is 6.68. The third-order valence-electron chi connectivity index (χ3n) is 3.88. The van der Waals surface area contributed by atoms with Gasteiger partial charge in [0.15, 0.2) is 0 Å². The molecule has 2 N–H and O–H groups in total. The van der Waals surface area contributed by atoms with Crippen LogP contribution in [0.4, 0.5) is 4.79 Å². The first kappa shape index (κ1) is 18.7. The average molecular weight is 403 g/mol. The number of hydrogen-bond donors (Lipinski definition) is 2. The van der Waals surface area contributed by atoms with E-state index in [1.54, 1.807) is 11.3 Å². The van der Waals surface area contributed by atoms with Crippen molar-refractivity contribution in [2.24, 2.45) is 0 Å². The van der Waals surface area contributed by atoms with Crippen LogP contribution in [0.15, 0.2) is 15.9 Å². The molecule has 1 saturated carbocycles. The van der Waals surface area contributed by atoms with Crippen LogP contribution in [-0.4, -0.2) is 30.3 Å². The maximum absolute atomic E-state index is 11.8. The number of halogens is 1. The summed E-state index contributed by atoms with van der Waals surface area (Å²) in [4.78, 5) is 13.2. The van der Waals surface area contributed by atoms with Crippen LogP contribution < -0.4 is 10.6 Å². The quantitative estimate of drug-likeness (QED) is 0.762. The molecule has 0 atom stereocenters. The van der Waals surface area contributed by atoms with Crippen molar-refractivity contribution in [1.82, 2.24) is 10.6 Å². The van der Waals surface area contributed by atoms with Crippen LogP contribution in [0.25, 0.3) is 0 Å². The Bertz CT molecular complexity index is 505. The zero-order valence-electron chi connectivity index (χ0n) is 14.2. The SMILES string of the molecule is CC(C)(C)OC(=O)NC1CCC(NCCc2ccc(Br)s2)CC1. The molecule has 0 spiro atoms. The Morgan fingerprint density at radius 1 is 1.26 bits per heavy atom. The molecule has 1 heterocycles. The highest BCUT2D eigenvalue weighted by atomic mass is 79.9. The minimum absolute atomic E-state index is 0.246. The van der Waals surface area contributed by atoms with Crippen LogP contribution in [0.5, 0.6) is 0 Å². The molecule has 1 fully saturated rings. The summed E-state index contributed by atoms with van der Waals surface area (Å²) in [5.41, 5.74) is -0.431. The van der Waals surface area contributed by atoms with Gasteiger partial charge >= 0.3 is 6.09 Å². The van der Waals surface area contributed by atoms with Gasteiger partial charge < -0.3 is 15.4 Å². The van der Waals surface area contributed by atoms with Crippen LogP contribution in [-0.2, 0) is 11.2 Å². The number of rotatable bonds is 5. The topological polar surface area (TPSA) is 50.4 Å². The Balaban J connectivity index is 1.61. The second-order valence-corrected chi connectivity index (χ2v) is 9.65. The molecule has 0 radical (unpaired) electrons. The first-order valence-electron chi connectivity index (χ1n) is 8.29. The second-order valence-electron chi connectivity index (χ2n) is 7.10. The van der Waals surface area contributed by atoms with Crippen molar-refractivity contribution in [3.05, 3.63) is 20.8 Å². The molecule has 0 bridgehead atoms. The van der Waals surface area contributed by atoms with E-state index in [-0.39, 0.29) is 12.1 Å². The Morgan fingerprint density at radius 3 is 2.48 bits per heavy atom. The smallest absolute Gasteiger partial charge is 0.407 e. The monoisotopic (exact) mass is 402 g/mol. The van der Waals surface area contributed by atoms with E-state index in [9.17, 15) is 4.79 Å². The van der Waals surface area contributed by atoms with Gasteiger partial charge in [-0.3, -0.25) is 0 Å². The Morgan fingerprint density at radius 2 is 1.91 bits per heavy atom. The number of carbonyl (C=O) groups excluding carboxylic acids is 1. The summed E-state index contributed by atoms with van der Waals surface area (Å²) in [5, 5.41) is 6.63. The zero-order valence-corrected chi connectivity index (χ0v) is 16.6. The second kappa shape index (κ2) is 8.49. The third kappa shape index (κ3) is 7.23. The fraction of sp³-hybridized carbons (Fsp3) is 0.706. The van der Waals surface area contributed by atoms with E-state index in [0.717, 1.165) is 38.6 Å². The predicted molar refractivity (Wildman–Crippen MR) is 99.1 cm³/mol. The van der Waals surface area contributed by atoms with Gasteiger partial charge in [-0.25, -0.2) is 4.79 Å². The van der Waals surface area contributed by atoms with E-state index >= 15 is 0 Å². The molecule has 0 saturated heterocycles. The van der Waals surface area contributed by atoms with Crippen LogP contribution >= 0.6 is 27.3 Å². The normalized spacial score (nSPS) is 21.9. The van der Waals surface area contributed by atoms with Crippen molar-refractivity contribution in [3.63, 3.8) is 0 Å². The molecule has 0 unspecified atom stereocenters. The van der Waals surface area contributed by atoms with Gasteiger partial charge in [-0.1, -0.05) is 0 Å². The van der Waals surface area contributed by atoms with Gasteiger partial charge in [-0.15, -0.1) is 11.3 Å². The van der Waals surface area contributed by atoms with Crippen LogP contribution in [0.1, 0.15) is 51.3 Å². The lowest BCUT2D eigenvalue weighted by molar-refractivity contribution is 0.0490. The Hall–Kier alpha value is -0.590. The molecule has 130 valence electrons. The highest BCUT2D eigenvalue weighted by molar-refractivity contribution is 9.11. The fourth-order valence-corrected chi connectivity index (χ4v) is 4.28. The summed E-state index contributed by atoms with van der Waals surface area (Å²) in [6.07, 6.45) is 5.02. The van der Waals surface area contributed by atoms with Crippen LogP contribution in [0.2, 0.25) is 0 Å². The molecule has 4 nitrogen and oxygen atoms in total. The van der Waals surface area contributed by atoms with E-state index in [1.165, 1.54) is 8.66 Å². The lowest BCUT2D eigenvalue weighted by atomic mass is 9.91. The molecule has 0 aromatic carbocycles. The molecule has 1 aliphatic carbocycles. The van der Waals surface area contributed by atoms with E-state index in [1.807, 2.05) is 20.8 Å². The van der Waals surface area contributed by atoms with E-state index < -0.39 is 5.60 Å². The summed E-state index contributed by atoms with van der Waals surface area (Å²) >= 11 is 5.30. The van der Waals surface area contributed by atoms with Crippen molar-refractivity contribution in [3.8, 4) is 0 Å². The summed E-state index contributed by atoms with van der Waals surface area (Å²) in [5.74, 6) is 0. The minimum atomic E-state index is -0.431. The maximum atomic E-state index is 11.8. The number of carbonyl (C=O) groups is 1. The lowest BCUT2D eigenvalue weighted by Gasteiger charge is -2.30. The summed E-state index contributed by atoms with van der Waals surface area (Å²) < 4.78 is 6.51. The van der Waals surface area contributed by atoms with Crippen LogP contribution in [0.3, 0.4) is 0 Å². The predicted octanol–water partition coefficient (Wildman–Crippen LogP) is 4.48. The van der Waals surface area contributed by atoms with E-state index in [2.05, 4.69) is 38.7 Å². The van der Waals surface area contributed by atoms with Crippen LogP contribution in [0, 0.1) is 0 Å². The first-order valence-corrected chi connectivity index (χ1v) is 9.90. The standard InChI is InChI=1S/C17H27BrN2O2S/c1-17(2,3)22-16(21)20-13-6-4-12(5-7-13)19-11-10-14-8-9-15(18)23-14/h8-9,12-13,19H,4-7,10-11H2,1-3H3,(H,20,21). The molecule has 1 amide bonds. The summed E-state index contributed by atoms with van der Waals surface area (Å²) in [7, 11) is 0. The molecule has 1 aromatic heterocycles. The number of ether oxygens (including phenoxy) is 1. The van der Waals surface area contributed by atoms with Crippen molar-refractivity contribution in [1.29, 1.82) is 0 Å². The molecule has 2 rings (SSSR count). The van der Waals surface area contributed by atoms with Gasteiger partial charge in [-0.2, -0.15) is 0 Å². The van der Waals surface area contributed by atoms with Gasteiger partial charge in [0.05, 0.1) is 3.79 Å². The van der Waals surface area contributed by atoms with E-state index in [0.29, 0.717) is 6.04 Å². The number of nitrogens with one attached hydrogen (secondary N) is 2. The number of amides is 1. The Labute approximate surface area is 151 Å². The third-order valence-corrected chi connectivity index (χ3v) is 5.56. The van der Waals surface area contributed by atoms with Crippen molar-refractivity contribution >= 4 is 33.4 Å². The fourth-order valence-electron chi connectivity index (χ4n) is 2.80. The molecule has 23 heavy (non-hydrogen) atoms. The summed E-state index contributed by atoms with van der Waals surface area (Å²) in [6, 6.07) is 5.09. The van der Waals surface area contributed by atoms with Gasteiger partial charge in [0, 0.05) is 23.5 Å². The lowest BCUT2D eigenvalue weighted by Crippen LogP contribution is -2.44. The van der Waals surface area contributed by atoms with Crippen molar-refractivity contribution in [2.75, 3.05) is 6.54 Å². The van der Waals surface area contributed by atoms with Gasteiger partial charge in [0.1, 0.15) is 5.60 Å². The molecule has 0 aliphatic heterocycles. The Kier molecular flexibility index (Phi) is 6.92. The highest BCUT2D eigenvalue weighted by Gasteiger charge is 2.24. The number of hydrogen-bond acceptors (Lipinski definition) is 4. The minimum Gasteiger partial charge on any atom is -0.444 e. The van der Waals surface area contributed by atoms with Gasteiger partial charge in [-0.05, 0) is 80.9 Å². The van der Waals surface area contributed by atoms with Gasteiger partial charge in [0.2, 0.25) is 0 Å². The molecular formula is C17H27BrN2O2S. The molecular weight excluding hydrogens is 376 g/mol. The maximum Gasteiger partial charge on any atom is 0.407 e. The number of alkyl carbamates (subject to hydrolysis) is 1. The van der Waals surface area contributed by atoms with E-state index in [4.69, 9.17) is 4.74 Å². The highest BCUT2D eigenvalue weighted by Crippen LogP contribution is 2.23. The number of thiophene rings is 1. The van der Waals surface area contributed by atoms with Crippen molar-refractivity contribution in [2.45, 2.75) is 70.6 Å². The van der Waals surface area contributed by atoms with Gasteiger partial charge in [0.25, 0.3) is 0 Å². The zero-order chi connectivity index (χ0) is 16.9. The average Bonchev–Trinajstić information content (AvgIpc) is 2.84. The molecule has 1 aromatic rings. The van der Waals surface area contributed by atoms with Crippen molar-refractivity contribution < 1.29 is 9.53 Å².